The van der Waals surface area contributed by atoms with Crippen LogP contribution < -0.4 is 14.8 Å². The third kappa shape index (κ3) is 6.15. The Bertz CT molecular complexity index is 721. The molecular formula is C20H24ClNO3S. The van der Waals surface area contributed by atoms with E-state index >= 15 is 0 Å². The van der Waals surface area contributed by atoms with E-state index in [1.54, 1.807) is 14.2 Å². The number of amides is 1. The molecule has 0 saturated heterocycles. The van der Waals surface area contributed by atoms with Crippen molar-refractivity contribution >= 4 is 29.3 Å². The fourth-order valence-electron chi connectivity index (χ4n) is 2.45. The summed E-state index contributed by atoms with van der Waals surface area (Å²) in [6.07, 6.45) is 1.72. The van der Waals surface area contributed by atoms with Crippen molar-refractivity contribution in [2.45, 2.75) is 29.9 Å². The van der Waals surface area contributed by atoms with E-state index in [1.165, 1.54) is 11.8 Å². The van der Waals surface area contributed by atoms with Gasteiger partial charge in [0, 0.05) is 16.5 Å². The topological polar surface area (TPSA) is 47.6 Å². The second-order valence-corrected chi connectivity index (χ2v) is 7.65. The van der Waals surface area contributed by atoms with Crippen LogP contribution in [0.2, 0.25) is 5.02 Å². The van der Waals surface area contributed by atoms with Gasteiger partial charge >= 0.3 is 0 Å². The minimum absolute atomic E-state index is 0.0391. The maximum atomic E-state index is 12.2. The summed E-state index contributed by atoms with van der Waals surface area (Å²) in [5, 5.41) is 3.53. The van der Waals surface area contributed by atoms with Gasteiger partial charge in [-0.25, -0.2) is 0 Å². The molecule has 6 heteroatoms. The average Bonchev–Trinajstić information content (AvgIpc) is 2.66. The van der Waals surface area contributed by atoms with Gasteiger partial charge in [0.15, 0.2) is 11.5 Å². The van der Waals surface area contributed by atoms with Gasteiger partial charge in [0.05, 0.1) is 19.5 Å². The van der Waals surface area contributed by atoms with E-state index in [1.807, 2.05) is 49.4 Å². The first-order valence-corrected chi connectivity index (χ1v) is 9.70. The molecule has 1 atom stereocenters. The zero-order chi connectivity index (χ0) is 18.9. The Morgan fingerprint density at radius 2 is 1.81 bits per heavy atom. The van der Waals surface area contributed by atoms with Gasteiger partial charge in [-0.3, -0.25) is 4.79 Å². The second kappa shape index (κ2) is 10.3. The third-order valence-corrected chi connectivity index (χ3v) is 5.25. The van der Waals surface area contributed by atoms with Crippen molar-refractivity contribution in [3.8, 4) is 11.5 Å². The van der Waals surface area contributed by atoms with E-state index in [0.717, 1.165) is 34.8 Å². The molecule has 1 amide bonds. The molecule has 2 aromatic rings. The molecule has 0 aromatic heterocycles. The summed E-state index contributed by atoms with van der Waals surface area (Å²) < 4.78 is 10.5. The molecule has 0 fully saturated rings. The number of carbonyl (C=O) groups excluding carboxylic acids is 1. The third-order valence-electron chi connectivity index (χ3n) is 3.89. The van der Waals surface area contributed by atoms with Crippen molar-refractivity contribution < 1.29 is 14.3 Å². The number of aryl methyl sites for hydroxylation is 1. The van der Waals surface area contributed by atoms with Crippen molar-refractivity contribution in [2.75, 3.05) is 20.8 Å². The van der Waals surface area contributed by atoms with E-state index in [4.69, 9.17) is 21.1 Å². The van der Waals surface area contributed by atoms with Crippen molar-refractivity contribution in [2.24, 2.45) is 0 Å². The fourth-order valence-corrected chi connectivity index (χ4v) is 3.47. The maximum Gasteiger partial charge on any atom is 0.233 e. The van der Waals surface area contributed by atoms with Crippen LogP contribution in [0.25, 0.3) is 0 Å². The Hall–Kier alpha value is -1.85. The number of benzene rings is 2. The van der Waals surface area contributed by atoms with Crippen LogP contribution in [0.15, 0.2) is 47.4 Å². The van der Waals surface area contributed by atoms with E-state index < -0.39 is 0 Å². The number of nitrogens with one attached hydrogen (secondary N) is 1. The highest BCUT2D eigenvalue weighted by molar-refractivity contribution is 8.00. The minimum Gasteiger partial charge on any atom is -0.493 e. The van der Waals surface area contributed by atoms with Gasteiger partial charge in [-0.2, -0.15) is 0 Å². The fraction of sp³-hybridized carbons (Fsp3) is 0.350. The summed E-state index contributed by atoms with van der Waals surface area (Å²) in [6, 6.07) is 13.4. The Morgan fingerprint density at radius 3 is 2.46 bits per heavy atom. The zero-order valence-corrected chi connectivity index (χ0v) is 16.8. The summed E-state index contributed by atoms with van der Waals surface area (Å²) in [5.41, 5.74) is 1.15. The molecule has 1 N–H and O–H groups in total. The van der Waals surface area contributed by atoms with Gasteiger partial charge in [-0.05, 0) is 61.7 Å². The van der Waals surface area contributed by atoms with Crippen molar-refractivity contribution in [3.63, 3.8) is 0 Å². The van der Waals surface area contributed by atoms with Gasteiger partial charge in [0.25, 0.3) is 0 Å². The Kier molecular flexibility index (Phi) is 8.13. The Labute approximate surface area is 164 Å². The molecular weight excluding hydrogens is 370 g/mol. The smallest absolute Gasteiger partial charge is 0.233 e. The van der Waals surface area contributed by atoms with E-state index in [2.05, 4.69) is 5.32 Å². The van der Waals surface area contributed by atoms with Gasteiger partial charge in [-0.15, -0.1) is 11.8 Å². The summed E-state index contributed by atoms with van der Waals surface area (Å²) in [7, 11) is 3.25. The molecule has 2 rings (SSSR count). The first-order valence-electron chi connectivity index (χ1n) is 8.44. The van der Waals surface area contributed by atoms with Crippen LogP contribution in [-0.2, 0) is 11.2 Å². The highest BCUT2D eigenvalue weighted by Gasteiger charge is 2.13. The monoisotopic (exact) mass is 393 g/mol. The number of hydrogen-bond donors (Lipinski definition) is 1. The molecule has 2 aromatic carbocycles. The van der Waals surface area contributed by atoms with E-state index in [9.17, 15) is 4.79 Å². The molecule has 0 heterocycles. The summed E-state index contributed by atoms with van der Waals surface area (Å²) in [4.78, 5) is 13.2. The van der Waals surface area contributed by atoms with Crippen LogP contribution in [-0.4, -0.2) is 31.9 Å². The number of hydrogen-bond acceptors (Lipinski definition) is 4. The van der Waals surface area contributed by atoms with E-state index in [-0.39, 0.29) is 11.2 Å². The number of thioether (sulfide) groups is 1. The van der Waals surface area contributed by atoms with Gasteiger partial charge in [-0.1, -0.05) is 17.7 Å². The molecule has 4 nitrogen and oxygen atoms in total. The molecule has 0 aliphatic carbocycles. The first kappa shape index (κ1) is 20.5. The van der Waals surface area contributed by atoms with Crippen LogP contribution in [0.3, 0.4) is 0 Å². The van der Waals surface area contributed by atoms with Crippen LogP contribution in [0.4, 0.5) is 0 Å². The molecule has 0 saturated carbocycles. The van der Waals surface area contributed by atoms with Crippen LogP contribution in [0.1, 0.15) is 18.9 Å². The number of ether oxygens (including phenoxy) is 2. The van der Waals surface area contributed by atoms with Gasteiger partial charge in [0.2, 0.25) is 5.91 Å². The minimum atomic E-state index is -0.155. The number of halogens is 1. The Morgan fingerprint density at radius 1 is 1.12 bits per heavy atom. The highest BCUT2D eigenvalue weighted by Crippen LogP contribution is 2.28. The quantitative estimate of drug-likeness (QED) is 0.500. The summed E-state index contributed by atoms with van der Waals surface area (Å²) in [5.74, 6) is 1.48. The molecule has 0 spiro atoms. The van der Waals surface area contributed by atoms with Crippen LogP contribution in [0, 0.1) is 0 Å². The second-order valence-electron chi connectivity index (χ2n) is 5.80. The van der Waals surface area contributed by atoms with Gasteiger partial charge in [0.1, 0.15) is 0 Å². The molecule has 26 heavy (non-hydrogen) atoms. The van der Waals surface area contributed by atoms with E-state index in [0.29, 0.717) is 11.6 Å². The van der Waals surface area contributed by atoms with Crippen LogP contribution in [0.5, 0.6) is 11.5 Å². The van der Waals surface area contributed by atoms with Gasteiger partial charge < -0.3 is 14.8 Å². The average molecular weight is 394 g/mol. The first-order chi connectivity index (χ1) is 12.5. The highest BCUT2D eigenvalue weighted by atomic mass is 35.5. The lowest BCUT2D eigenvalue weighted by molar-refractivity contribution is -0.120. The van der Waals surface area contributed by atoms with Crippen molar-refractivity contribution in [1.82, 2.24) is 5.32 Å². The molecule has 0 aliphatic rings. The number of methoxy groups -OCH3 is 2. The zero-order valence-electron chi connectivity index (χ0n) is 15.3. The molecule has 140 valence electrons. The molecule has 0 bridgehead atoms. The molecule has 0 aliphatic heterocycles. The lowest BCUT2D eigenvalue weighted by Gasteiger charge is -2.12. The number of rotatable bonds is 9. The standard InChI is InChI=1S/C20H24ClNO3S/c1-14(26-17-9-7-16(21)8-10-17)20(23)22-12-4-5-15-6-11-18(24-2)19(13-15)25-3/h6-11,13-14H,4-5,12H2,1-3H3,(H,22,23)/t14-/m0/s1. The summed E-state index contributed by atoms with van der Waals surface area (Å²) >= 11 is 7.40. The Balaban J connectivity index is 1.75. The normalized spacial score (nSPS) is 11.7. The summed E-state index contributed by atoms with van der Waals surface area (Å²) in [6.45, 7) is 2.54. The van der Waals surface area contributed by atoms with Crippen LogP contribution >= 0.6 is 23.4 Å². The SMILES string of the molecule is COc1ccc(CCCNC(=O)[C@H](C)Sc2ccc(Cl)cc2)cc1OC. The predicted molar refractivity (Wildman–Crippen MR) is 108 cm³/mol. The maximum absolute atomic E-state index is 12.2. The lowest BCUT2D eigenvalue weighted by atomic mass is 10.1. The molecule has 0 radical (unpaired) electrons. The largest absolute Gasteiger partial charge is 0.493 e. The lowest BCUT2D eigenvalue weighted by Crippen LogP contribution is -2.31. The molecule has 0 unspecified atom stereocenters. The van der Waals surface area contributed by atoms with Crippen molar-refractivity contribution in [1.29, 1.82) is 0 Å². The predicted octanol–water partition coefficient (Wildman–Crippen LogP) is 4.59. The van der Waals surface area contributed by atoms with Crippen molar-refractivity contribution in [3.05, 3.63) is 53.1 Å². The number of carbonyl (C=O) groups is 1.